The van der Waals surface area contributed by atoms with Crippen LogP contribution in [0.15, 0.2) is 34.9 Å². The summed E-state index contributed by atoms with van der Waals surface area (Å²) in [5.74, 6) is -0.569. The van der Waals surface area contributed by atoms with E-state index in [-0.39, 0.29) is 24.4 Å². The summed E-state index contributed by atoms with van der Waals surface area (Å²) in [5, 5.41) is 12.4. The molecular weight excluding hydrogens is 372 g/mol. The number of carbonyl (C=O) groups excluding carboxylic acids is 2. The molecule has 6 nitrogen and oxygen atoms in total. The van der Waals surface area contributed by atoms with Crippen LogP contribution in [0.1, 0.15) is 23.2 Å². The molecule has 0 spiro atoms. The van der Waals surface area contributed by atoms with Crippen molar-refractivity contribution in [3.05, 3.63) is 40.5 Å². The molecule has 0 radical (unpaired) electrons. The maximum Gasteiger partial charge on any atom is 0.252 e. The number of aromatic nitrogens is 1. The van der Waals surface area contributed by atoms with Crippen LogP contribution >= 0.6 is 15.9 Å². The number of amides is 2. The summed E-state index contributed by atoms with van der Waals surface area (Å²) in [6, 6.07) is 8.88. The third-order valence-electron chi connectivity index (χ3n) is 4.08. The Bertz CT molecular complexity index is 841. The van der Waals surface area contributed by atoms with Crippen LogP contribution in [-0.4, -0.2) is 40.8 Å². The van der Waals surface area contributed by atoms with E-state index in [0.717, 1.165) is 10.9 Å². The van der Waals surface area contributed by atoms with Gasteiger partial charge in [-0.15, -0.1) is 0 Å². The number of likely N-dealkylation sites (tertiary alicyclic amines) is 1. The van der Waals surface area contributed by atoms with Crippen LogP contribution in [-0.2, 0) is 4.79 Å². The van der Waals surface area contributed by atoms with Crippen molar-refractivity contribution in [3.8, 4) is 6.07 Å². The molecular formula is C17H15BrN4O2. The zero-order valence-corrected chi connectivity index (χ0v) is 14.4. The summed E-state index contributed by atoms with van der Waals surface area (Å²) >= 11 is 3.44. The minimum atomic E-state index is -0.384. The second-order valence-electron chi connectivity index (χ2n) is 5.55. The smallest absolute Gasteiger partial charge is 0.252 e. The van der Waals surface area contributed by atoms with E-state index in [1.54, 1.807) is 12.3 Å². The zero-order chi connectivity index (χ0) is 17.1. The van der Waals surface area contributed by atoms with E-state index in [0.29, 0.717) is 29.4 Å². The molecule has 1 aromatic carbocycles. The number of hydrogen-bond acceptors (Lipinski definition) is 4. The quantitative estimate of drug-likeness (QED) is 0.875. The maximum absolute atomic E-state index is 12.5. The molecule has 1 unspecified atom stereocenters. The van der Waals surface area contributed by atoms with Gasteiger partial charge in [0.15, 0.2) is 0 Å². The molecule has 2 amide bonds. The van der Waals surface area contributed by atoms with Crippen LogP contribution in [0, 0.1) is 11.3 Å². The first-order valence-electron chi connectivity index (χ1n) is 7.62. The molecule has 1 aliphatic heterocycles. The Morgan fingerprint density at radius 1 is 1.42 bits per heavy atom. The highest BCUT2D eigenvalue weighted by atomic mass is 79.9. The second-order valence-corrected chi connectivity index (χ2v) is 6.40. The fourth-order valence-corrected chi connectivity index (χ4v) is 3.47. The Morgan fingerprint density at radius 3 is 3.04 bits per heavy atom. The van der Waals surface area contributed by atoms with Crippen molar-refractivity contribution in [2.75, 3.05) is 13.1 Å². The number of nitrogens with zero attached hydrogens (tertiary/aromatic N) is 3. The van der Waals surface area contributed by atoms with Crippen molar-refractivity contribution >= 4 is 38.6 Å². The van der Waals surface area contributed by atoms with Gasteiger partial charge in [-0.3, -0.25) is 14.6 Å². The van der Waals surface area contributed by atoms with E-state index in [2.05, 4.69) is 32.3 Å². The number of halogens is 1. The standard InChI is InChI=1S/C17H15BrN4O2/c18-13-4-1-5-14-16(13)12(6-7-20-14)17(24)21-10-15(23)22-8-2-3-11(22)9-19/h1,4-7,11H,2-3,8,10H2,(H,21,24). The monoisotopic (exact) mass is 386 g/mol. The summed E-state index contributed by atoms with van der Waals surface area (Å²) in [5.41, 5.74) is 1.16. The molecule has 24 heavy (non-hydrogen) atoms. The lowest BCUT2D eigenvalue weighted by atomic mass is 10.1. The lowest BCUT2D eigenvalue weighted by molar-refractivity contribution is -0.130. The van der Waals surface area contributed by atoms with E-state index in [1.165, 1.54) is 4.90 Å². The van der Waals surface area contributed by atoms with Crippen molar-refractivity contribution < 1.29 is 9.59 Å². The Labute approximate surface area is 147 Å². The van der Waals surface area contributed by atoms with Crippen LogP contribution in [0.4, 0.5) is 0 Å². The van der Waals surface area contributed by atoms with E-state index < -0.39 is 0 Å². The number of hydrogen-bond donors (Lipinski definition) is 1. The predicted molar refractivity (Wildman–Crippen MR) is 92.1 cm³/mol. The van der Waals surface area contributed by atoms with Gasteiger partial charge in [0.05, 0.1) is 23.7 Å². The number of fused-ring (bicyclic) bond motifs is 1. The number of rotatable bonds is 3. The minimum absolute atomic E-state index is 0.120. The predicted octanol–water partition coefficient (Wildman–Crippen LogP) is 2.24. The van der Waals surface area contributed by atoms with Gasteiger partial charge in [-0.1, -0.05) is 22.0 Å². The summed E-state index contributed by atoms with van der Waals surface area (Å²) < 4.78 is 0.772. The molecule has 1 saturated heterocycles. The van der Waals surface area contributed by atoms with E-state index in [1.807, 2.05) is 18.2 Å². The maximum atomic E-state index is 12.5. The second kappa shape index (κ2) is 6.97. The third kappa shape index (κ3) is 3.10. The fraction of sp³-hybridized carbons (Fsp3) is 0.294. The third-order valence-corrected chi connectivity index (χ3v) is 4.74. The van der Waals surface area contributed by atoms with E-state index in [9.17, 15) is 9.59 Å². The summed E-state index contributed by atoms with van der Waals surface area (Å²) in [6.45, 7) is 0.446. The normalized spacial score (nSPS) is 16.8. The molecule has 2 heterocycles. The van der Waals surface area contributed by atoms with E-state index >= 15 is 0 Å². The number of nitriles is 1. The summed E-state index contributed by atoms with van der Waals surface area (Å²) in [4.78, 5) is 30.5. The van der Waals surface area contributed by atoms with Gasteiger partial charge in [-0.2, -0.15) is 5.26 Å². The van der Waals surface area contributed by atoms with Gasteiger partial charge >= 0.3 is 0 Å². The average Bonchev–Trinajstić information content (AvgIpc) is 3.08. The van der Waals surface area contributed by atoms with Crippen molar-refractivity contribution in [2.45, 2.75) is 18.9 Å². The molecule has 1 N–H and O–H groups in total. The highest BCUT2D eigenvalue weighted by molar-refractivity contribution is 9.10. The lowest BCUT2D eigenvalue weighted by Gasteiger charge is -2.19. The highest BCUT2D eigenvalue weighted by Gasteiger charge is 2.28. The van der Waals surface area contributed by atoms with Crippen molar-refractivity contribution in [1.29, 1.82) is 5.26 Å². The molecule has 2 aromatic rings. The molecule has 122 valence electrons. The molecule has 3 rings (SSSR count). The lowest BCUT2D eigenvalue weighted by Crippen LogP contribution is -2.42. The summed E-state index contributed by atoms with van der Waals surface area (Å²) in [7, 11) is 0. The van der Waals surface area contributed by atoms with Crippen LogP contribution in [0.5, 0.6) is 0 Å². The number of benzene rings is 1. The van der Waals surface area contributed by atoms with Gasteiger partial charge < -0.3 is 10.2 Å². The molecule has 0 bridgehead atoms. The van der Waals surface area contributed by atoms with E-state index in [4.69, 9.17) is 5.26 Å². The van der Waals surface area contributed by atoms with Gasteiger partial charge in [0.25, 0.3) is 5.91 Å². The van der Waals surface area contributed by atoms with Gasteiger partial charge in [0, 0.05) is 22.6 Å². The van der Waals surface area contributed by atoms with Gasteiger partial charge in [0.1, 0.15) is 6.04 Å². The molecule has 0 saturated carbocycles. The van der Waals surface area contributed by atoms with Crippen LogP contribution in [0.3, 0.4) is 0 Å². The number of nitrogens with one attached hydrogen (secondary N) is 1. The number of pyridine rings is 1. The first-order valence-corrected chi connectivity index (χ1v) is 8.41. The topological polar surface area (TPSA) is 86.1 Å². The Balaban J connectivity index is 1.74. The van der Waals surface area contributed by atoms with Crippen molar-refractivity contribution in [1.82, 2.24) is 15.2 Å². The van der Waals surface area contributed by atoms with Crippen LogP contribution < -0.4 is 5.32 Å². The van der Waals surface area contributed by atoms with Crippen LogP contribution in [0.2, 0.25) is 0 Å². The first-order chi connectivity index (χ1) is 11.6. The van der Waals surface area contributed by atoms with Gasteiger partial charge in [-0.25, -0.2) is 0 Å². The molecule has 0 aliphatic carbocycles. The Kier molecular flexibility index (Phi) is 4.76. The van der Waals surface area contributed by atoms with Crippen molar-refractivity contribution in [2.24, 2.45) is 0 Å². The Hall–Kier alpha value is -2.46. The SMILES string of the molecule is N#CC1CCCN1C(=O)CNC(=O)c1ccnc2cccc(Br)c12. The molecule has 1 aliphatic rings. The average molecular weight is 387 g/mol. The molecule has 1 atom stereocenters. The largest absolute Gasteiger partial charge is 0.343 e. The highest BCUT2D eigenvalue weighted by Crippen LogP contribution is 2.25. The Morgan fingerprint density at radius 2 is 2.25 bits per heavy atom. The van der Waals surface area contributed by atoms with Gasteiger partial charge in [0.2, 0.25) is 5.91 Å². The minimum Gasteiger partial charge on any atom is -0.343 e. The van der Waals surface area contributed by atoms with Gasteiger partial charge in [-0.05, 0) is 31.0 Å². The number of carbonyl (C=O) groups is 2. The summed E-state index contributed by atoms with van der Waals surface area (Å²) in [6.07, 6.45) is 3.08. The molecule has 1 fully saturated rings. The fourth-order valence-electron chi connectivity index (χ4n) is 2.90. The molecule has 1 aromatic heterocycles. The molecule has 7 heteroatoms. The first kappa shape index (κ1) is 16.4. The zero-order valence-electron chi connectivity index (χ0n) is 12.8. The van der Waals surface area contributed by atoms with Crippen LogP contribution in [0.25, 0.3) is 10.9 Å². The van der Waals surface area contributed by atoms with Crippen molar-refractivity contribution in [3.63, 3.8) is 0 Å².